The van der Waals surface area contributed by atoms with Crippen molar-refractivity contribution in [1.29, 1.82) is 0 Å². The van der Waals surface area contributed by atoms with Crippen molar-refractivity contribution < 1.29 is 0 Å². The van der Waals surface area contributed by atoms with E-state index in [0.29, 0.717) is 0 Å². The molecule has 1 fully saturated rings. The van der Waals surface area contributed by atoms with Crippen LogP contribution in [0.1, 0.15) is 97.8 Å². The third-order valence-electron chi connectivity index (χ3n) is 5.83. The van der Waals surface area contributed by atoms with Crippen LogP contribution in [0.4, 0.5) is 0 Å². The van der Waals surface area contributed by atoms with Crippen molar-refractivity contribution in [3.8, 4) is 0 Å². The lowest BCUT2D eigenvalue weighted by Crippen LogP contribution is -2.13. The van der Waals surface area contributed by atoms with E-state index >= 15 is 0 Å². The molecule has 0 bridgehead atoms. The number of hydrogen-bond donors (Lipinski definition) is 0. The molecule has 1 rings (SSSR count). The summed E-state index contributed by atoms with van der Waals surface area (Å²) in [6.07, 6.45) is 20.3. The van der Waals surface area contributed by atoms with Crippen LogP contribution >= 0.6 is 0 Å². The van der Waals surface area contributed by atoms with Gasteiger partial charge in [0.25, 0.3) is 0 Å². The Bertz CT molecular complexity index is 220. The maximum Gasteiger partial charge on any atom is 0.109 e. The molecule has 1 radical (unpaired) electrons. The van der Waals surface area contributed by atoms with E-state index in [1.807, 2.05) is 0 Å². The molecule has 123 valence electrons. The van der Waals surface area contributed by atoms with Crippen LogP contribution in [-0.4, -0.2) is 7.28 Å². The second-order valence-electron chi connectivity index (χ2n) is 7.44. The van der Waals surface area contributed by atoms with Crippen molar-refractivity contribution in [2.75, 3.05) is 0 Å². The van der Waals surface area contributed by atoms with Gasteiger partial charge >= 0.3 is 0 Å². The van der Waals surface area contributed by atoms with E-state index in [1.165, 1.54) is 89.7 Å². The monoisotopic (exact) mass is 291 g/mol. The highest BCUT2D eigenvalue weighted by molar-refractivity contribution is 6.35. The van der Waals surface area contributed by atoms with E-state index < -0.39 is 0 Å². The van der Waals surface area contributed by atoms with E-state index in [1.54, 1.807) is 0 Å². The Kier molecular flexibility index (Phi) is 11.5. The molecule has 0 aromatic rings. The molecule has 1 aliphatic heterocycles. The second kappa shape index (κ2) is 12.6. The lowest BCUT2D eigenvalue weighted by Gasteiger charge is -2.25. The first-order chi connectivity index (χ1) is 10.3. The van der Waals surface area contributed by atoms with Gasteiger partial charge in [0, 0.05) is 0 Å². The number of rotatable bonds is 12. The van der Waals surface area contributed by atoms with Gasteiger partial charge < -0.3 is 0 Å². The van der Waals surface area contributed by atoms with Gasteiger partial charge in [-0.1, -0.05) is 110 Å². The Morgan fingerprint density at radius 1 is 0.905 bits per heavy atom. The second-order valence-corrected chi connectivity index (χ2v) is 7.44. The van der Waals surface area contributed by atoms with Crippen LogP contribution in [0.15, 0.2) is 0 Å². The van der Waals surface area contributed by atoms with Crippen LogP contribution in [0, 0.1) is 17.8 Å². The first-order valence-electron chi connectivity index (χ1n) is 10.1. The molecule has 21 heavy (non-hydrogen) atoms. The maximum absolute atomic E-state index is 2.53. The minimum atomic E-state index is 0.998. The molecule has 0 aromatic carbocycles. The van der Waals surface area contributed by atoms with Gasteiger partial charge in [0.05, 0.1) is 0 Å². The van der Waals surface area contributed by atoms with Crippen LogP contribution in [0.3, 0.4) is 0 Å². The molecule has 0 saturated carbocycles. The van der Waals surface area contributed by atoms with E-state index in [4.69, 9.17) is 0 Å². The van der Waals surface area contributed by atoms with E-state index in [2.05, 4.69) is 28.1 Å². The molecule has 0 spiro atoms. The zero-order valence-corrected chi connectivity index (χ0v) is 15.2. The highest BCUT2D eigenvalue weighted by Crippen LogP contribution is 2.29. The lowest BCUT2D eigenvalue weighted by molar-refractivity contribution is 0.268. The Labute approximate surface area is 136 Å². The van der Waals surface area contributed by atoms with Crippen LogP contribution in [-0.2, 0) is 0 Å². The number of unbranched alkanes of at least 4 members (excludes halogenated alkanes) is 3. The van der Waals surface area contributed by atoms with E-state index in [0.717, 1.165) is 17.8 Å². The normalized spacial score (nSPS) is 21.8. The van der Waals surface area contributed by atoms with Crippen molar-refractivity contribution in [2.45, 2.75) is 110 Å². The van der Waals surface area contributed by atoms with Crippen molar-refractivity contribution in [3.05, 3.63) is 0 Å². The Balaban J connectivity index is 2.03. The van der Waals surface area contributed by atoms with Crippen LogP contribution in [0.5, 0.6) is 0 Å². The van der Waals surface area contributed by atoms with Crippen molar-refractivity contribution in [3.63, 3.8) is 0 Å². The molecule has 3 atom stereocenters. The molecule has 0 amide bonds. The van der Waals surface area contributed by atoms with Gasteiger partial charge in [0.1, 0.15) is 7.28 Å². The largest absolute Gasteiger partial charge is 0.109 e. The van der Waals surface area contributed by atoms with Gasteiger partial charge in [-0.05, 0) is 17.8 Å². The van der Waals surface area contributed by atoms with Crippen molar-refractivity contribution >= 4 is 7.28 Å². The standard InChI is InChI=1S/C20H40B/c1-4-12-19(5-2)20(6-3)15-10-8-7-9-13-18-14-11-16-21-17-18/h18-20H,4-17H2,1-3H3. The average molecular weight is 291 g/mol. The van der Waals surface area contributed by atoms with E-state index in [-0.39, 0.29) is 0 Å². The summed E-state index contributed by atoms with van der Waals surface area (Å²) in [5.41, 5.74) is 0. The molecular weight excluding hydrogens is 251 g/mol. The Morgan fingerprint density at radius 2 is 1.62 bits per heavy atom. The first kappa shape index (κ1) is 19.1. The molecule has 0 nitrogen and oxygen atoms in total. The highest BCUT2D eigenvalue weighted by atomic mass is 14.2. The van der Waals surface area contributed by atoms with Crippen LogP contribution in [0.25, 0.3) is 0 Å². The third kappa shape index (κ3) is 8.31. The quantitative estimate of drug-likeness (QED) is 0.265. The van der Waals surface area contributed by atoms with Crippen molar-refractivity contribution in [1.82, 2.24) is 0 Å². The fraction of sp³-hybridized carbons (Fsp3) is 1.00. The molecule has 1 aliphatic rings. The smallest absolute Gasteiger partial charge is 0.0803 e. The van der Waals surface area contributed by atoms with Gasteiger partial charge in [0.2, 0.25) is 0 Å². The van der Waals surface area contributed by atoms with Gasteiger partial charge in [-0.15, -0.1) is 0 Å². The molecule has 1 heteroatoms. The van der Waals surface area contributed by atoms with Gasteiger partial charge in [-0.25, -0.2) is 0 Å². The molecular formula is C20H40B. The van der Waals surface area contributed by atoms with Crippen LogP contribution < -0.4 is 0 Å². The molecule has 1 heterocycles. The summed E-state index contributed by atoms with van der Waals surface area (Å²) in [6.45, 7) is 7.14. The molecule has 0 N–H and O–H groups in total. The predicted molar refractivity (Wildman–Crippen MR) is 98.3 cm³/mol. The highest BCUT2D eigenvalue weighted by Gasteiger charge is 2.17. The minimum Gasteiger partial charge on any atom is -0.0803 e. The van der Waals surface area contributed by atoms with Gasteiger partial charge in [-0.3, -0.25) is 0 Å². The predicted octanol–water partition coefficient (Wildman–Crippen LogP) is 7.13. The Morgan fingerprint density at radius 3 is 2.24 bits per heavy atom. The molecule has 0 aromatic heterocycles. The lowest BCUT2D eigenvalue weighted by atomic mass is 9.59. The summed E-state index contributed by atoms with van der Waals surface area (Å²) in [7, 11) is 2.53. The fourth-order valence-electron chi connectivity index (χ4n) is 4.39. The SMILES string of the molecule is CCCC(CC)C(CC)CCCCCCC1C[B]CCC1. The van der Waals surface area contributed by atoms with Gasteiger partial charge in [0.15, 0.2) is 0 Å². The van der Waals surface area contributed by atoms with Gasteiger partial charge in [-0.2, -0.15) is 0 Å². The summed E-state index contributed by atoms with van der Waals surface area (Å²) in [5, 5.41) is 0. The molecule has 3 unspecified atom stereocenters. The summed E-state index contributed by atoms with van der Waals surface area (Å²) >= 11 is 0. The minimum absolute atomic E-state index is 0.998. The zero-order chi connectivity index (χ0) is 15.3. The molecule has 0 aliphatic carbocycles. The Hall–Kier alpha value is 0.0649. The van der Waals surface area contributed by atoms with E-state index in [9.17, 15) is 0 Å². The third-order valence-corrected chi connectivity index (χ3v) is 5.83. The first-order valence-corrected chi connectivity index (χ1v) is 10.1. The topological polar surface area (TPSA) is 0 Å². The summed E-state index contributed by atoms with van der Waals surface area (Å²) in [5.74, 6) is 3.04. The summed E-state index contributed by atoms with van der Waals surface area (Å²) in [4.78, 5) is 0. The molecule has 1 saturated heterocycles. The van der Waals surface area contributed by atoms with Crippen LogP contribution in [0.2, 0.25) is 12.6 Å². The summed E-state index contributed by atoms with van der Waals surface area (Å²) in [6, 6.07) is 0. The fourth-order valence-corrected chi connectivity index (χ4v) is 4.39. The maximum atomic E-state index is 2.53. The van der Waals surface area contributed by atoms with Crippen molar-refractivity contribution in [2.24, 2.45) is 17.8 Å². The summed E-state index contributed by atoms with van der Waals surface area (Å²) < 4.78 is 0. The number of hydrogen-bond acceptors (Lipinski definition) is 0. The average Bonchev–Trinajstić information content (AvgIpc) is 2.53. The zero-order valence-electron chi connectivity index (χ0n) is 15.2.